The van der Waals surface area contributed by atoms with Gasteiger partial charge in [-0.1, -0.05) is 19.8 Å². The topological polar surface area (TPSA) is 78.6 Å². The third kappa shape index (κ3) is 3.17. The zero-order chi connectivity index (χ0) is 12.0. The summed E-state index contributed by atoms with van der Waals surface area (Å²) >= 11 is 0. The highest BCUT2D eigenvalue weighted by Crippen LogP contribution is 2.25. The number of amides is 1. The first-order chi connectivity index (χ1) is 7.74. The molecule has 94 valence electrons. The molecular formula is C11H23N3O2. The molecule has 1 amide bonds. The van der Waals surface area contributed by atoms with E-state index in [1.165, 1.54) is 12.8 Å². The number of hydrogen-bond acceptors (Lipinski definition) is 4. The van der Waals surface area contributed by atoms with E-state index in [1.807, 2.05) is 6.92 Å². The molecule has 1 atom stereocenters. The smallest absolute Gasteiger partial charge is 0.251 e. The Bertz CT molecular complexity index is 217. The van der Waals surface area contributed by atoms with Crippen molar-refractivity contribution in [2.24, 2.45) is 5.84 Å². The van der Waals surface area contributed by atoms with Crippen LogP contribution >= 0.6 is 0 Å². The Morgan fingerprint density at radius 1 is 1.56 bits per heavy atom. The minimum absolute atomic E-state index is 0.0881. The van der Waals surface area contributed by atoms with E-state index in [0.717, 1.165) is 19.3 Å². The SMILES string of the molecule is CCC(C(=O)NN)N(CCO)C1CCCC1. The predicted molar refractivity (Wildman–Crippen MR) is 62.5 cm³/mol. The summed E-state index contributed by atoms with van der Waals surface area (Å²) < 4.78 is 0. The van der Waals surface area contributed by atoms with Crippen LogP contribution < -0.4 is 11.3 Å². The first kappa shape index (κ1) is 13.4. The fraction of sp³-hybridized carbons (Fsp3) is 0.909. The number of nitrogens with two attached hydrogens (primary N) is 1. The molecule has 4 N–H and O–H groups in total. The summed E-state index contributed by atoms with van der Waals surface area (Å²) in [6, 6.07) is 0.217. The summed E-state index contributed by atoms with van der Waals surface area (Å²) in [5.74, 6) is 5.04. The van der Waals surface area contributed by atoms with Crippen LogP contribution in [0, 0.1) is 0 Å². The molecule has 0 saturated heterocycles. The zero-order valence-electron chi connectivity index (χ0n) is 9.98. The third-order valence-corrected chi connectivity index (χ3v) is 3.38. The largest absolute Gasteiger partial charge is 0.395 e. The van der Waals surface area contributed by atoms with E-state index in [1.54, 1.807) is 0 Å². The second-order valence-electron chi connectivity index (χ2n) is 4.33. The van der Waals surface area contributed by atoms with Crippen molar-refractivity contribution in [3.63, 3.8) is 0 Å². The number of rotatable bonds is 6. The van der Waals surface area contributed by atoms with Crippen LogP contribution in [0.4, 0.5) is 0 Å². The second-order valence-corrected chi connectivity index (χ2v) is 4.33. The van der Waals surface area contributed by atoms with Crippen LogP contribution in [-0.4, -0.2) is 41.1 Å². The van der Waals surface area contributed by atoms with Gasteiger partial charge in [-0.3, -0.25) is 15.1 Å². The van der Waals surface area contributed by atoms with E-state index in [-0.39, 0.29) is 18.6 Å². The molecule has 0 bridgehead atoms. The highest BCUT2D eigenvalue weighted by atomic mass is 16.3. The van der Waals surface area contributed by atoms with Gasteiger partial charge in [0.2, 0.25) is 0 Å². The molecule has 0 heterocycles. The number of hydrogen-bond donors (Lipinski definition) is 3. The Kier molecular flexibility index (Phi) is 5.73. The highest BCUT2D eigenvalue weighted by molar-refractivity contribution is 5.81. The Morgan fingerprint density at radius 2 is 2.19 bits per heavy atom. The average Bonchev–Trinajstić information content (AvgIpc) is 2.81. The molecule has 5 heteroatoms. The lowest BCUT2D eigenvalue weighted by molar-refractivity contribution is -0.127. The van der Waals surface area contributed by atoms with Gasteiger partial charge < -0.3 is 5.11 Å². The Labute approximate surface area is 97.0 Å². The molecule has 1 rings (SSSR count). The van der Waals surface area contributed by atoms with Crippen LogP contribution in [0.3, 0.4) is 0 Å². The predicted octanol–water partition coefficient (Wildman–Crippen LogP) is -0.00820. The Hall–Kier alpha value is -0.650. The molecule has 1 fully saturated rings. The summed E-state index contributed by atoms with van der Waals surface area (Å²) in [5, 5.41) is 9.09. The molecule has 16 heavy (non-hydrogen) atoms. The first-order valence-electron chi connectivity index (χ1n) is 6.11. The van der Waals surface area contributed by atoms with E-state index < -0.39 is 0 Å². The number of aliphatic hydroxyl groups is 1. The van der Waals surface area contributed by atoms with Crippen LogP contribution in [0.1, 0.15) is 39.0 Å². The molecule has 0 aromatic carbocycles. The van der Waals surface area contributed by atoms with Gasteiger partial charge in [-0.2, -0.15) is 0 Å². The van der Waals surface area contributed by atoms with Crippen LogP contribution in [-0.2, 0) is 4.79 Å². The molecule has 1 aliphatic carbocycles. The summed E-state index contributed by atoms with van der Waals surface area (Å²) in [6.45, 7) is 2.61. The fourth-order valence-electron chi connectivity index (χ4n) is 2.61. The monoisotopic (exact) mass is 229 g/mol. The lowest BCUT2D eigenvalue weighted by atomic mass is 10.1. The van der Waals surface area contributed by atoms with Crippen LogP contribution in [0.5, 0.6) is 0 Å². The van der Waals surface area contributed by atoms with Crippen molar-refractivity contribution in [2.75, 3.05) is 13.2 Å². The van der Waals surface area contributed by atoms with Gasteiger partial charge in [0.15, 0.2) is 0 Å². The van der Waals surface area contributed by atoms with Crippen molar-refractivity contribution in [1.29, 1.82) is 0 Å². The summed E-state index contributed by atoms with van der Waals surface area (Å²) in [7, 11) is 0. The minimum atomic E-state index is -0.208. The van der Waals surface area contributed by atoms with Gasteiger partial charge in [-0.15, -0.1) is 0 Å². The summed E-state index contributed by atoms with van der Waals surface area (Å²) in [5.41, 5.74) is 2.22. The number of hydrazine groups is 1. The molecular weight excluding hydrogens is 206 g/mol. The van der Waals surface area contributed by atoms with Gasteiger partial charge in [0.05, 0.1) is 12.6 Å². The zero-order valence-corrected chi connectivity index (χ0v) is 9.98. The van der Waals surface area contributed by atoms with Gasteiger partial charge in [0, 0.05) is 12.6 Å². The van der Waals surface area contributed by atoms with Crippen LogP contribution in [0.2, 0.25) is 0 Å². The van der Waals surface area contributed by atoms with Crippen molar-refractivity contribution in [3.05, 3.63) is 0 Å². The standard InChI is InChI=1S/C11H23N3O2/c1-2-10(11(16)13-12)14(7-8-15)9-5-3-4-6-9/h9-10,15H,2-8,12H2,1H3,(H,13,16). The fourth-order valence-corrected chi connectivity index (χ4v) is 2.61. The number of nitrogens with zero attached hydrogens (tertiary/aromatic N) is 1. The van der Waals surface area contributed by atoms with E-state index in [9.17, 15) is 4.79 Å². The maximum Gasteiger partial charge on any atom is 0.251 e. The van der Waals surface area contributed by atoms with Crippen molar-refractivity contribution in [1.82, 2.24) is 10.3 Å². The maximum absolute atomic E-state index is 11.7. The summed E-state index contributed by atoms with van der Waals surface area (Å²) in [4.78, 5) is 13.8. The summed E-state index contributed by atoms with van der Waals surface area (Å²) in [6.07, 6.45) is 5.39. The molecule has 5 nitrogen and oxygen atoms in total. The van der Waals surface area contributed by atoms with Crippen molar-refractivity contribution >= 4 is 5.91 Å². The van der Waals surface area contributed by atoms with Crippen LogP contribution in [0.15, 0.2) is 0 Å². The number of carbonyl (C=O) groups excluding carboxylic acids is 1. The van der Waals surface area contributed by atoms with Gasteiger partial charge in [0.1, 0.15) is 0 Å². The number of aliphatic hydroxyl groups excluding tert-OH is 1. The Balaban J connectivity index is 2.68. The van der Waals surface area contributed by atoms with E-state index in [2.05, 4.69) is 10.3 Å². The van der Waals surface area contributed by atoms with Crippen molar-refractivity contribution in [2.45, 2.75) is 51.1 Å². The van der Waals surface area contributed by atoms with Gasteiger partial charge >= 0.3 is 0 Å². The van der Waals surface area contributed by atoms with E-state index in [0.29, 0.717) is 12.6 Å². The third-order valence-electron chi connectivity index (χ3n) is 3.38. The van der Waals surface area contributed by atoms with Crippen LogP contribution in [0.25, 0.3) is 0 Å². The van der Waals surface area contributed by atoms with Gasteiger partial charge in [0.25, 0.3) is 5.91 Å². The van der Waals surface area contributed by atoms with E-state index >= 15 is 0 Å². The lowest BCUT2D eigenvalue weighted by Crippen LogP contribution is -2.52. The molecule has 1 saturated carbocycles. The minimum Gasteiger partial charge on any atom is -0.395 e. The van der Waals surface area contributed by atoms with Crippen molar-refractivity contribution < 1.29 is 9.90 Å². The van der Waals surface area contributed by atoms with Crippen molar-refractivity contribution in [3.8, 4) is 0 Å². The lowest BCUT2D eigenvalue weighted by Gasteiger charge is -2.34. The normalized spacial score (nSPS) is 19.0. The van der Waals surface area contributed by atoms with E-state index in [4.69, 9.17) is 10.9 Å². The Morgan fingerprint density at radius 3 is 2.62 bits per heavy atom. The molecule has 0 radical (unpaired) electrons. The molecule has 1 aliphatic rings. The molecule has 0 aromatic heterocycles. The maximum atomic E-state index is 11.7. The molecule has 0 aliphatic heterocycles. The molecule has 1 unspecified atom stereocenters. The second kappa shape index (κ2) is 6.83. The van der Waals surface area contributed by atoms with Gasteiger partial charge in [-0.05, 0) is 19.3 Å². The molecule has 0 aromatic rings. The van der Waals surface area contributed by atoms with Gasteiger partial charge in [-0.25, -0.2) is 5.84 Å². The average molecular weight is 229 g/mol. The first-order valence-corrected chi connectivity index (χ1v) is 6.11. The highest BCUT2D eigenvalue weighted by Gasteiger charge is 2.31. The number of nitrogens with one attached hydrogen (secondary N) is 1. The molecule has 0 spiro atoms. The quantitative estimate of drug-likeness (QED) is 0.340. The number of carbonyl (C=O) groups is 1.